The Kier molecular flexibility index (Phi) is 4.85. The number of rotatable bonds is 5. The molecule has 0 saturated carbocycles. The number of amides is 2. The molecular weight excluding hydrogens is 282 g/mol. The number of nitrogens with zero attached hydrogens (tertiary/aromatic N) is 3. The first kappa shape index (κ1) is 16.1. The van der Waals surface area contributed by atoms with Crippen molar-refractivity contribution >= 4 is 6.03 Å². The van der Waals surface area contributed by atoms with Crippen LogP contribution in [0.25, 0.3) is 0 Å². The van der Waals surface area contributed by atoms with Gasteiger partial charge in [0.15, 0.2) is 0 Å². The average molecular weight is 305 g/mol. The van der Waals surface area contributed by atoms with Crippen molar-refractivity contribution in [2.75, 3.05) is 7.05 Å². The summed E-state index contributed by atoms with van der Waals surface area (Å²) in [4.78, 5) is 13.9. The number of nitrogens with one attached hydrogen (secondary N) is 2. The summed E-state index contributed by atoms with van der Waals surface area (Å²) in [7, 11) is 1.76. The summed E-state index contributed by atoms with van der Waals surface area (Å²) in [5.74, 6) is 0.747. The average Bonchev–Trinajstić information content (AvgIpc) is 2.98. The SMILES string of the molecule is Cc1cc(C[C@H](C)NC(=O)N(C)Cc2c(C)noc2C)n[nH]1. The van der Waals surface area contributed by atoms with Crippen LogP contribution in [0.4, 0.5) is 4.79 Å². The summed E-state index contributed by atoms with van der Waals surface area (Å²) in [5, 5.41) is 14.0. The predicted octanol–water partition coefficient (Wildman–Crippen LogP) is 2.10. The first-order chi connectivity index (χ1) is 10.4. The number of aryl methyl sites for hydroxylation is 3. The van der Waals surface area contributed by atoms with Gasteiger partial charge in [-0.1, -0.05) is 5.16 Å². The van der Waals surface area contributed by atoms with Gasteiger partial charge in [-0.25, -0.2) is 4.79 Å². The zero-order valence-corrected chi connectivity index (χ0v) is 13.7. The van der Waals surface area contributed by atoms with Crippen LogP contribution in [0.15, 0.2) is 10.6 Å². The van der Waals surface area contributed by atoms with Crippen LogP contribution in [0, 0.1) is 20.8 Å². The van der Waals surface area contributed by atoms with Gasteiger partial charge in [-0.15, -0.1) is 0 Å². The van der Waals surface area contributed by atoms with Crippen molar-refractivity contribution in [2.24, 2.45) is 0 Å². The Morgan fingerprint density at radius 1 is 1.45 bits per heavy atom. The molecule has 0 unspecified atom stereocenters. The number of aromatic nitrogens is 3. The summed E-state index contributed by atoms with van der Waals surface area (Å²) in [6.07, 6.45) is 0.690. The quantitative estimate of drug-likeness (QED) is 0.885. The monoisotopic (exact) mass is 305 g/mol. The van der Waals surface area contributed by atoms with Crippen LogP contribution < -0.4 is 5.32 Å². The van der Waals surface area contributed by atoms with Gasteiger partial charge >= 0.3 is 6.03 Å². The van der Waals surface area contributed by atoms with Crippen LogP contribution in [0.1, 0.15) is 35.3 Å². The maximum atomic E-state index is 12.2. The molecule has 22 heavy (non-hydrogen) atoms. The van der Waals surface area contributed by atoms with E-state index in [1.54, 1.807) is 11.9 Å². The van der Waals surface area contributed by atoms with Gasteiger partial charge < -0.3 is 14.7 Å². The molecule has 7 heteroatoms. The van der Waals surface area contributed by atoms with E-state index in [0.717, 1.165) is 28.4 Å². The van der Waals surface area contributed by atoms with Crippen LogP contribution in [-0.4, -0.2) is 39.4 Å². The number of hydrogen-bond donors (Lipinski definition) is 2. The summed E-state index contributed by atoms with van der Waals surface area (Å²) >= 11 is 0. The molecule has 0 saturated heterocycles. The second-order valence-electron chi connectivity index (χ2n) is 5.76. The maximum Gasteiger partial charge on any atom is 0.317 e. The van der Waals surface area contributed by atoms with Crippen molar-refractivity contribution in [3.05, 3.63) is 34.5 Å². The van der Waals surface area contributed by atoms with E-state index < -0.39 is 0 Å². The van der Waals surface area contributed by atoms with Crippen LogP contribution in [-0.2, 0) is 13.0 Å². The third kappa shape index (κ3) is 3.87. The Bertz CT molecular complexity index is 627. The molecule has 2 aromatic rings. The first-order valence-corrected chi connectivity index (χ1v) is 7.31. The number of hydrogen-bond acceptors (Lipinski definition) is 4. The largest absolute Gasteiger partial charge is 0.361 e. The van der Waals surface area contributed by atoms with Gasteiger partial charge in [0.25, 0.3) is 0 Å². The van der Waals surface area contributed by atoms with Crippen LogP contribution in [0.5, 0.6) is 0 Å². The molecule has 2 aromatic heterocycles. The highest BCUT2D eigenvalue weighted by Gasteiger charge is 2.17. The molecule has 0 spiro atoms. The van der Waals surface area contributed by atoms with Gasteiger partial charge in [-0.3, -0.25) is 5.10 Å². The maximum absolute atomic E-state index is 12.2. The number of carbonyl (C=O) groups is 1. The highest BCUT2D eigenvalue weighted by Crippen LogP contribution is 2.14. The highest BCUT2D eigenvalue weighted by atomic mass is 16.5. The van der Waals surface area contributed by atoms with E-state index >= 15 is 0 Å². The van der Waals surface area contributed by atoms with E-state index in [4.69, 9.17) is 4.52 Å². The predicted molar refractivity (Wildman–Crippen MR) is 82.5 cm³/mol. The second-order valence-corrected chi connectivity index (χ2v) is 5.76. The second kappa shape index (κ2) is 6.64. The van der Waals surface area contributed by atoms with Gasteiger partial charge in [0.2, 0.25) is 0 Å². The van der Waals surface area contributed by atoms with Gasteiger partial charge in [0, 0.05) is 30.8 Å². The molecular formula is C15H23N5O2. The molecule has 2 amide bonds. The minimum atomic E-state index is -0.125. The molecule has 1 atom stereocenters. The standard InChI is InChI=1S/C15H23N5O2/c1-9(6-13-7-10(2)17-18-13)16-15(21)20(5)8-14-11(3)19-22-12(14)4/h7,9H,6,8H2,1-5H3,(H,16,21)(H,17,18)/t9-/m0/s1. The summed E-state index contributed by atoms with van der Waals surface area (Å²) in [6, 6.07) is 1.86. The lowest BCUT2D eigenvalue weighted by Crippen LogP contribution is -2.42. The third-order valence-electron chi connectivity index (χ3n) is 3.57. The van der Waals surface area contributed by atoms with Crippen molar-refractivity contribution in [3.8, 4) is 0 Å². The third-order valence-corrected chi connectivity index (χ3v) is 3.57. The van der Waals surface area contributed by atoms with Gasteiger partial charge in [-0.05, 0) is 33.8 Å². The molecule has 0 aliphatic rings. The smallest absolute Gasteiger partial charge is 0.317 e. The van der Waals surface area contributed by atoms with E-state index in [9.17, 15) is 4.79 Å². The van der Waals surface area contributed by atoms with Crippen LogP contribution in [0.2, 0.25) is 0 Å². The topological polar surface area (TPSA) is 87.1 Å². The fraction of sp³-hybridized carbons (Fsp3) is 0.533. The Balaban J connectivity index is 1.88. The molecule has 7 nitrogen and oxygen atoms in total. The lowest BCUT2D eigenvalue weighted by molar-refractivity contribution is 0.203. The van der Waals surface area contributed by atoms with Crippen molar-refractivity contribution in [3.63, 3.8) is 0 Å². The summed E-state index contributed by atoms with van der Waals surface area (Å²) < 4.78 is 5.12. The van der Waals surface area contributed by atoms with E-state index in [1.807, 2.05) is 33.8 Å². The minimum Gasteiger partial charge on any atom is -0.361 e. The van der Waals surface area contributed by atoms with Crippen LogP contribution in [0.3, 0.4) is 0 Å². The van der Waals surface area contributed by atoms with Gasteiger partial charge in [0.1, 0.15) is 5.76 Å². The van der Waals surface area contributed by atoms with Crippen molar-refractivity contribution in [2.45, 2.75) is 46.7 Å². The first-order valence-electron chi connectivity index (χ1n) is 7.31. The molecule has 120 valence electrons. The molecule has 0 aliphatic carbocycles. The molecule has 2 N–H and O–H groups in total. The van der Waals surface area contributed by atoms with Crippen molar-refractivity contribution in [1.29, 1.82) is 0 Å². The van der Waals surface area contributed by atoms with E-state index in [1.165, 1.54) is 0 Å². The molecule has 0 aliphatic heterocycles. The zero-order valence-electron chi connectivity index (χ0n) is 13.7. The lowest BCUT2D eigenvalue weighted by atomic mass is 10.2. The zero-order chi connectivity index (χ0) is 16.3. The van der Waals surface area contributed by atoms with Gasteiger partial charge in [-0.2, -0.15) is 5.10 Å². The van der Waals surface area contributed by atoms with E-state index in [-0.39, 0.29) is 12.1 Å². The molecule has 2 heterocycles. The molecule has 0 fully saturated rings. The molecule has 0 radical (unpaired) electrons. The Hall–Kier alpha value is -2.31. The lowest BCUT2D eigenvalue weighted by Gasteiger charge is -2.21. The fourth-order valence-electron chi connectivity index (χ4n) is 2.30. The fourth-order valence-corrected chi connectivity index (χ4v) is 2.30. The Morgan fingerprint density at radius 3 is 2.73 bits per heavy atom. The number of carbonyl (C=O) groups excluding carboxylic acids is 1. The molecule has 0 bridgehead atoms. The summed E-state index contributed by atoms with van der Waals surface area (Å²) in [5.41, 5.74) is 3.73. The van der Waals surface area contributed by atoms with Gasteiger partial charge in [0.05, 0.1) is 17.9 Å². The summed E-state index contributed by atoms with van der Waals surface area (Å²) in [6.45, 7) is 8.12. The normalized spacial score (nSPS) is 12.2. The molecule has 2 rings (SSSR count). The Morgan fingerprint density at radius 2 is 2.18 bits per heavy atom. The number of aromatic amines is 1. The molecule has 0 aromatic carbocycles. The van der Waals surface area contributed by atoms with Crippen molar-refractivity contribution in [1.82, 2.24) is 25.6 Å². The van der Waals surface area contributed by atoms with Crippen LogP contribution >= 0.6 is 0 Å². The number of H-pyrrole nitrogens is 1. The van der Waals surface area contributed by atoms with Crippen molar-refractivity contribution < 1.29 is 9.32 Å². The Labute approximate surface area is 130 Å². The minimum absolute atomic E-state index is 0.00215. The van der Waals surface area contributed by atoms with E-state index in [0.29, 0.717) is 13.0 Å². The van der Waals surface area contributed by atoms with E-state index in [2.05, 4.69) is 20.7 Å². The highest BCUT2D eigenvalue weighted by molar-refractivity contribution is 5.74. The number of urea groups is 1.